The maximum Gasteiger partial charge on any atom is 0.190 e. The minimum atomic E-state index is 0. The topological polar surface area (TPSA) is 45.7 Å². The molecular formula is C19H36IN3O. The van der Waals surface area contributed by atoms with Crippen molar-refractivity contribution >= 4 is 29.9 Å². The number of fused-ring (bicyclic) bond motifs is 2. The zero-order valence-corrected chi connectivity index (χ0v) is 17.8. The minimum absolute atomic E-state index is 0. The number of guanidine groups is 1. The Balaban J connectivity index is 0.00000208. The molecule has 0 saturated heterocycles. The lowest BCUT2D eigenvalue weighted by Gasteiger charge is -2.42. The van der Waals surface area contributed by atoms with Crippen molar-refractivity contribution < 1.29 is 4.74 Å². The van der Waals surface area contributed by atoms with E-state index >= 15 is 0 Å². The second-order valence-corrected chi connectivity index (χ2v) is 8.17. The summed E-state index contributed by atoms with van der Waals surface area (Å²) < 4.78 is 5.28. The summed E-state index contributed by atoms with van der Waals surface area (Å²) in [7, 11) is 3.69. The zero-order chi connectivity index (χ0) is 16.1. The second-order valence-electron chi connectivity index (χ2n) is 8.17. The molecule has 0 spiro atoms. The van der Waals surface area contributed by atoms with Crippen molar-refractivity contribution in [2.24, 2.45) is 28.2 Å². The summed E-state index contributed by atoms with van der Waals surface area (Å²) in [5, 5.41) is 7.10. The van der Waals surface area contributed by atoms with Crippen molar-refractivity contribution in [1.29, 1.82) is 0 Å². The van der Waals surface area contributed by atoms with Gasteiger partial charge in [0.2, 0.25) is 0 Å². The van der Waals surface area contributed by atoms with Gasteiger partial charge in [-0.15, -0.1) is 24.0 Å². The smallest absolute Gasteiger partial charge is 0.190 e. The molecule has 3 rings (SSSR count). The van der Waals surface area contributed by atoms with Gasteiger partial charge >= 0.3 is 0 Å². The average Bonchev–Trinajstić information content (AvgIpc) is 3.14. The molecule has 0 amide bonds. The van der Waals surface area contributed by atoms with Crippen molar-refractivity contribution in [2.75, 3.05) is 33.9 Å². The first-order valence-corrected chi connectivity index (χ1v) is 9.68. The van der Waals surface area contributed by atoms with E-state index in [1.165, 1.54) is 57.8 Å². The van der Waals surface area contributed by atoms with Gasteiger partial charge in [-0.3, -0.25) is 4.99 Å². The van der Waals surface area contributed by atoms with Gasteiger partial charge in [-0.05, 0) is 68.1 Å². The number of halogens is 1. The number of aliphatic imine (C=N–C) groups is 1. The number of hydrogen-bond acceptors (Lipinski definition) is 2. The maximum atomic E-state index is 5.28. The van der Waals surface area contributed by atoms with Gasteiger partial charge in [-0.25, -0.2) is 0 Å². The standard InChI is InChI=1S/C19H35N3O.HI/c1-20-18(22-14-19(7-3-8-19)9-11-23-2)21-10-6-17-13-15-4-5-16(17)12-15;/h15-17H,3-14H2,1-2H3,(H2,20,21,22);1H. The molecule has 3 atom stereocenters. The molecule has 0 aromatic carbocycles. The molecule has 5 heteroatoms. The van der Waals surface area contributed by atoms with Gasteiger partial charge in [0, 0.05) is 33.9 Å². The fourth-order valence-corrected chi connectivity index (χ4v) is 5.11. The second kappa shape index (κ2) is 9.60. The summed E-state index contributed by atoms with van der Waals surface area (Å²) in [6.45, 7) is 2.97. The van der Waals surface area contributed by atoms with E-state index in [9.17, 15) is 0 Å². The Kier molecular flexibility index (Phi) is 8.11. The highest BCUT2D eigenvalue weighted by Gasteiger charge is 2.39. The molecule has 0 aromatic heterocycles. The number of rotatable bonds is 8. The monoisotopic (exact) mass is 449 g/mol. The molecule has 3 aliphatic rings. The van der Waals surface area contributed by atoms with Gasteiger partial charge < -0.3 is 15.4 Å². The van der Waals surface area contributed by atoms with Crippen LogP contribution in [0.25, 0.3) is 0 Å². The number of methoxy groups -OCH3 is 1. The van der Waals surface area contributed by atoms with Crippen molar-refractivity contribution in [3.63, 3.8) is 0 Å². The molecular weight excluding hydrogens is 413 g/mol. The van der Waals surface area contributed by atoms with Crippen LogP contribution in [0, 0.1) is 23.2 Å². The summed E-state index contributed by atoms with van der Waals surface area (Å²) >= 11 is 0. The van der Waals surface area contributed by atoms with E-state index in [2.05, 4.69) is 15.6 Å². The van der Waals surface area contributed by atoms with Crippen LogP contribution in [-0.4, -0.2) is 39.8 Å². The fraction of sp³-hybridized carbons (Fsp3) is 0.947. The van der Waals surface area contributed by atoms with Gasteiger partial charge in [-0.2, -0.15) is 0 Å². The molecule has 140 valence electrons. The number of ether oxygens (including phenoxy) is 1. The van der Waals surface area contributed by atoms with E-state index in [1.54, 1.807) is 7.11 Å². The molecule has 24 heavy (non-hydrogen) atoms. The number of nitrogens with zero attached hydrogens (tertiary/aromatic N) is 1. The van der Waals surface area contributed by atoms with E-state index in [0.717, 1.165) is 43.4 Å². The van der Waals surface area contributed by atoms with Crippen LogP contribution in [-0.2, 0) is 4.74 Å². The van der Waals surface area contributed by atoms with Gasteiger partial charge in [0.1, 0.15) is 0 Å². The summed E-state index contributed by atoms with van der Waals surface area (Å²) in [5.74, 6) is 4.04. The lowest BCUT2D eigenvalue weighted by Crippen LogP contribution is -2.47. The van der Waals surface area contributed by atoms with E-state index < -0.39 is 0 Å². The van der Waals surface area contributed by atoms with Crippen LogP contribution in [0.3, 0.4) is 0 Å². The Labute approximate surface area is 165 Å². The molecule has 3 unspecified atom stereocenters. The SMILES string of the molecule is CN=C(NCCC1CC2CCC1C2)NCC1(CCOC)CCC1.I. The third kappa shape index (κ3) is 4.99. The fourth-order valence-electron chi connectivity index (χ4n) is 5.11. The summed E-state index contributed by atoms with van der Waals surface area (Å²) in [6.07, 6.45) is 12.5. The van der Waals surface area contributed by atoms with E-state index in [1.807, 2.05) is 7.05 Å². The van der Waals surface area contributed by atoms with Crippen LogP contribution in [0.1, 0.15) is 57.8 Å². The van der Waals surface area contributed by atoms with E-state index in [-0.39, 0.29) is 24.0 Å². The minimum Gasteiger partial charge on any atom is -0.385 e. The third-order valence-corrected chi connectivity index (χ3v) is 6.80. The van der Waals surface area contributed by atoms with Crippen LogP contribution >= 0.6 is 24.0 Å². The third-order valence-electron chi connectivity index (χ3n) is 6.80. The highest BCUT2D eigenvalue weighted by molar-refractivity contribution is 14.0. The molecule has 2 bridgehead atoms. The molecule has 3 aliphatic carbocycles. The highest BCUT2D eigenvalue weighted by atomic mass is 127. The van der Waals surface area contributed by atoms with Crippen LogP contribution < -0.4 is 10.6 Å². The first-order chi connectivity index (χ1) is 11.2. The van der Waals surface area contributed by atoms with Gasteiger partial charge in [-0.1, -0.05) is 12.8 Å². The summed E-state index contributed by atoms with van der Waals surface area (Å²) in [6, 6.07) is 0. The quantitative estimate of drug-likeness (QED) is 0.337. The molecule has 3 fully saturated rings. The van der Waals surface area contributed by atoms with Crippen molar-refractivity contribution in [3.8, 4) is 0 Å². The lowest BCUT2D eigenvalue weighted by molar-refractivity contribution is 0.0732. The Bertz CT molecular complexity index is 411. The van der Waals surface area contributed by atoms with Crippen LogP contribution in [0.2, 0.25) is 0 Å². The molecule has 0 heterocycles. The predicted molar refractivity (Wildman–Crippen MR) is 111 cm³/mol. The van der Waals surface area contributed by atoms with Crippen molar-refractivity contribution in [2.45, 2.75) is 57.8 Å². The average molecular weight is 449 g/mol. The zero-order valence-electron chi connectivity index (χ0n) is 15.5. The first-order valence-electron chi connectivity index (χ1n) is 9.68. The Hall–Kier alpha value is -0.0400. The maximum absolute atomic E-state index is 5.28. The molecule has 0 radical (unpaired) electrons. The van der Waals surface area contributed by atoms with E-state index in [4.69, 9.17) is 4.74 Å². The van der Waals surface area contributed by atoms with Gasteiger partial charge in [0.25, 0.3) is 0 Å². The Morgan fingerprint density at radius 1 is 1.21 bits per heavy atom. The number of nitrogens with one attached hydrogen (secondary N) is 2. The first kappa shape index (κ1) is 20.3. The largest absolute Gasteiger partial charge is 0.385 e. The summed E-state index contributed by atoms with van der Waals surface area (Å²) in [4.78, 5) is 4.41. The van der Waals surface area contributed by atoms with Crippen LogP contribution in [0.4, 0.5) is 0 Å². The Morgan fingerprint density at radius 2 is 2.04 bits per heavy atom. The molecule has 2 N–H and O–H groups in total. The Morgan fingerprint density at radius 3 is 2.58 bits per heavy atom. The van der Waals surface area contributed by atoms with Crippen LogP contribution in [0.5, 0.6) is 0 Å². The van der Waals surface area contributed by atoms with E-state index in [0.29, 0.717) is 5.41 Å². The molecule has 0 aromatic rings. The molecule has 3 saturated carbocycles. The summed E-state index contributed by atoms with van der Waals surface area (Å²) in [5.41, 5.74) is 0.443. The lowest BCUT2D eigenvalue weighted by atomic mass is 9.67. The van der Waals surface area contributed by atoms with Crippen molar-refractivity contribution in [1.82, 2.24) is 10.6 Å². The number of hydrogen-bond donors (Lipinski definition) is 2. The molecule has 4 nitrogen and oxygen atoms in total. The predicted octanol–water partition coefficient (Wildman–Crippen LogP) is 3.80. The van der Waals surface area contributed by atoms with Crippen molar-refractivity contribution in [3.05, 3.63) is 0 Å². The highest BCUT2D eigenvalue weighted by Crippen LogP contribution is 2.49. The van der Waals surface area contributed by atoms with Gasteiger partial charge in [0.15, 0.2) is 5.96 Å². The molecule has 0 aliphatic heterocycles. The van der Waals surface area contributed by atoms with Crippen LogP contribution in [0.15, 0.2) is 4.99 Å². The normalized spacial score (nSPS) is 30.6. The van der Waals surface area contributed by atoms with Gasteiger partial charge in [0.05, 0.1) is 0 Å².